The number of likely N-dealkylation sites (tertiary alicyclic amines) is 1. The molecular formula is C21H25N3O2S. The fourth-order valence-corrected chi connectivity index (χ4v) is 4.42. The summed E-state index contributed by atoms with van der Waals surface area (Å²) in [6.45, 7) is 6.53. The Kier molecular flexibility index (Phi) is 5.55. The molecular weight excluding hydrogens is 358 g/mol. The van der Waals surface area contributed by atoms with E-state index in [1.54, 1.807) is 11.3 Å². The highest BCUT2D eigenvalue weighted by Gasteiger charge is 2.27. The predicted octanol–water partition coefficient (Wildman–Crippen LogP) is 5.23. The monoisotopic (exact) mass is 383 g/mol. The molecule has 0 radical (unpaired) electrons. The molecule has 1 atom stereocenters. The first kappa shape index (κ1) is 18.2. The highest BCUT2D eigenvalue weighted by atomic mass is 32.1. The van der Waals surface area contributed by atoms with Crippen LogP contribution in [0.1, 0.15) is 48.7 Å². The first-order chi connectivity index (χ1) is 13.2. The molecule has 1 aromatic carbocycles. The Labute approximate surface area is 164 Å². The second kappa shape index (κ2) is 8.23. The summed E-state index contributed by atoms with van der Waals surface area (Å²) in [6, 6.07) is 8.31. The maximum absolute atomic E-state index is 5.98. The van der Waals surface area contributed by atoms with Crippen LogP contribution in [0.5, 0.6) is 5.75 Å². The second-order valence-electron chi connectivity index (χ2n) is 6.83. The molecule has 0 bridgehead atoms. The van der Waals surface area contributed by atoms with Crippen molar-refractivity contribution in [3.8, 4) is 17.2 Å². The lowest BCUT2D eigenvalue weighted by Crippen LogP contribution is -2.33. The van der Waals surface area contributed by atoms with E-state index in [9.17, 15) is 0 Å². The molecule has 5 nitrogen and oxygen atoms in total. The number of benzene rings is 1. The van der Waals surface area contributed by atoms with Gasteiger partial charge < -0.3 is 9.15 Å². The van der Waals surface area contributed by atoms with Crippen LogP contribution in [-0.2, 0) is 6.54 Å². The number of oxazole rings is 1. The van der Waals surface area contributed by atoms with E-state index in [-0.39, 0.29) is 0 Å². The molecule has 1 aliphatic rings. The molecule has 142 valence electrons. The molecule has 6 heteroatoms. The normalized spacial score (nSPS) is 17.9. The van der Waals surface area contributed by atoms with E-state index in [1.165, 1.54) is 17.8 Å². The maximum atomic E-state index is 5.98. The smallest absolute Gasteiger partial charge is 0.226 e. The first-order valence-corrected chi connectivity index (χ1v) is 10.5. The van der Waals surface area contributed by atoms with Crippen molar-refractivity contribution in [3.63, 3.8) is 0 Å². The van der Waals surface area contributed by atoms with Crippen LogP contribution in [-0.4, -0.2) is 28.0 Å². The van der Waals surface area contributed by atoms with E-state index in [4.69, 9.17) is 14.1 Å². The molecule has 0 aliphatic carbocycles. The van der Waals surface area contributed by atoms with E-state index in [0.717, 1.165) is 42.3 Å². The minimum Gasteiger partial charge on any atom is -0.494 e. The number of thiazole rings is 1. The van der Waals surface area contributed by atoms with Gasteiger partial charge >= 0.3 is 0 Å². The predicted molar refractivity (Wildman–Crippen MR) is 107 cm³/mol. The lowest BCUT2D eigenvalue weighted by molar-refractivity contribution is 0.138. The lowest BCUT2D eigenvalue weighted by atomic mass is 10.0. The molecule has 27 heavy (non-hydrogen) atoms. The van der Waals surface area contributed by atoms with Crippen molar-refractivity contribution in [3.05, 3.63) is 52.3 Å². The lowest BCUT2D eigenvalue weighted by Gasteiger charge is -2.33. The van der Waals surface area contributed by atoms with Crippen LogP contribution in [0, 0.1) is 6.92 Å². The van der Waals surface area contributed by atoms with Gasteiger partial charge in [0, 0.05) is 23.7 Å². The number of aromatic nitrogens is 2. The zero-order valence-corrected chi connectivity index (χ0v) is 16.7. The minimum atomic E-state index is 0.392. The van der Waals surface area contributed by atoms with Crippen LogP contribution in [0.25, 0.3) is 11.5 Å². The van der Waals surface area contributed by atoms with Gasteiger partial charge in [0.1, 0.15) is 16.5 Å². The molecule has 3 heterocycles. The zero-order valence-electron chi connectivity index (χ0n) is 15.9. The summed E-state index contributed by atoms with van der Waals surface area (Å²) in [5.41, 5.74) is 1.99. The largest absolute Gasteiger partial charge is 0.494 e. The van der Waals surface area contributed by atoms with E-state index in [0.29, 0.717) is 18.5 Å². The van der Waals surface area contributed by atoms with Crippen LogP contribution in [0.3, 0.4) is 0 Å². The van der Waals surface area contributed by atoms with Gasteiger partial charge in [-0.2, -0.15) is 0 Å². The summed E-state index contributed by atoms with van der Waals surface area (Å²) in [4.78, 5) is 11.8. The molecule has 1 unspecified atom stereocenters. The Morgan fingerprint density at radius 2 is 2.11 bits per heavy atom. The minimum absolute atomic E-state index is 0.392. The average molecular weight is 384 g/mol. The molecule has 0 saturated carbocycles. The summed E-state index contributed by atoms with van der Waals surface area (Å²) in [5.74, 6) is 2.43. The van der Waals surface area contributed by atoms with Crippen LogP contribution < -0.4 is 4.74 Å². The highest BCUT2D eigenvalue weighted by Crippen LogP contribution is 2.34. The topological polar surface area (TPSA) is 51.4 Å². The van der Waals surface area contributed by atoms with Gasteiger partial charge in [-0.15, -0.1) is 11.3 Å². The van der Waals surface area contributed by atoms with Gasteiger partial charge in [0.05, 0.1) is 18.3 Å². The Bertz CT molecular complexity index is 858. The quantitative estimate of drug-likeness (QED) is 0.583. The van der Waals surface area contributed by atoms with E-state index >= 15 is 0 Å². The van der Waals surface area contributed by atoms with E-state index in [1.807, 2.05) is 44.3 Å². The fraction of sp³-hybridized carbons (Fsp3) is 0.429. The summed E-state index contributed by atoms with van der Waals surface area (Å²) >= 11 is 1.75. The van der Waals surface area contributed by atoms with Gasteiger partial charge in [-0.25, -0.2) is 9.97 Å². The van der Waals surface area contributed by atoms with Crippen LogP contribution in [0.4, 0.5) is 0 Å². The van der Waals surface area contributed by atoms with E-state index < -0.39 is 0 Å². The van der Waals surface area contributed by atoms with E-state index in [2.05, 4.69) is 15.3 Å². The highest BCUT2D eigenvalue weighted by molar-refractivity contribution is 7.09. The number of hydrogen-bond donors (Lipinski definition) is 0. The molecule has 4 rings (SSSR count). The van der Waals surface area contributed by atoms with Gasteiger partial charge in [0.25, 0.3) is 0 Å². The third kappa shape index (κ3) is 4.06. The third-order valence-corrected chi connectivity index (χ3v) is 5.88. The zero-order chi connectivity index (χ0) is 18.6. The Balaban J connectivity index is 1.52. The van der Waals surface area contributed by atoms with Gasteiger partial charge in [0.2, 0.25) is 5.89 Å². The maximum Gasteiger partial charge on any atom is 0.226 e. The SMILES string of the molecule is CCOc1ccc(-c2nc(CN3CCCCC3c3nccs3)c(C)o2)cc1. The number of aryl methyl sites for hydroxylation is 1. The van der Waals surface area contributed by atoms with Gasteiger partial charge in [0.15, 0.2) is 0 Å². The Morgan fingerprint density at radius 1 is 1.26 bits per heavy atom. The molecule has 2 aromatic heterocycles. The van der Waals surface area contributed by atoms with Crippen molar-refractivity contribution in [2.45, 2.75) is 45.7 Å². The van der Waals surface area contributed by atoms with Crippen molar-refractivity contribution in [1.82, 2.24) is 14.9 Å². The fourth-order valence-electron chi connectivity index (χ4n) is 3.61. The van der Waals surface area contributed by atoms with Crippen LogP contribution in [0.2, 0.25) is 0 Å². The number of ether oxygens (including phenoxy) is 1. The third-order valence-electron chi connectivity index (χ3n) is 5.01. The molecule has 0 spiro atoms. The van der Waals surface area contributed by atoms with Gasteiger partial charge in [-0.05, 0) is 57.5 Å². The molecule has 0 N–H and O–H groups in total. The van der Waals surface area contributed by atoms with Crippen LogP contribution >= 0.6 is 11.3 Å². The van der Waals surface area contributed by atoms with Crippen molar-refractivity contribution in [2.75, 3.05) is 13.2 Å². The van der Waals surface area contributed by atoms with Gasteiger partial charge in [-0.3, -0.25) is 4.90 Å². The van der Waals surface area contributed by atoms with Crippen molar-refractivity contribution in [1.29, 1.82) is 0 Å². The molecule has 1 fully saturated rings. The molecule has 1 saturated heterocycles. The number of nitrogens with zero attached hydrogens (tertiary/aromatic N) is 3. The number of hydrogen-bond acceptors (Lipinski definition) is 6. The van der Waals surface area contributed by atoms with Crippen molar-refractivity contribution in [2.24, 2.45) is 0 Å². The summed E-state index contributed by atoms with van der Waals surface area (Å²) in [6.07, 6.45) is 5.55. The summed E-state index contributed by atoms with van der Waals surface area (Å²) < 4.78 is 11.5. The molecule has 1 aliphatic heterocycles. The van der Waals surface area contributed by atoms with Gasteiger partial charge in [-0.1, -0.05) is 6.42 Å². The average Bonchev–Trinajstić information content (AvgIpc) is 3.34. The van der Waals surface area contributed by atoms with Crippen molar-refractivity contribution >= 4 is 11.3 Å². The Hall–Kier alpha value is -2.18. The van der Waals surface area contributed by atoms with Crippen LogP contribution in [0.15, 0.2) is 40.3 Å². The second-order valence-corrected chi connectivity index (χ2v) is 7.76. The standard InChI is InChI=1S/C21H25N3O2S/c1-3-25-17-9-7-16(8-10-17)20-23-18(15(2)26-20)14-24-12-5-4-6-19(24)21-22-11-13-27-21/h7-11,13,19H,3-6,12,14H2,1-2H3. The van der Waals surface area contributed by atoms with Crippen molar-refractivity contribution < 1.29 is 9.15 Å². The number of rotatable bonds is 6. The number of piperidine rings is 1. The molecule has 0 amide bonds. The summed E-state index contributed by atoms with van der Waals surface area (Å²) in [5, 5.41) is 3.27. The molecule has 3 aromatic rings. The first-order valence-electron chi connectivity index (χ1n) is 9.57. The summed E-state index contributed by atoms with van der Waals surface area (Å²) in [7, 11) is 0. The Morgan fingerprint density at radius 3 is 2.85 bits per heavy atom.